The first kappa shape index (κ1) is 17.2. The van der Waals surface area contributed by atoms with Crippen LogP contribution in [0.25, 0.3) is 10.2 Å². The molecule has 5 nitrogen and oxygen atoms in total. The van der Waals surface area contributed by atoms with E-state index in [1.807, 2.05) is 52.0 Å². The van der Waals surface area contributed by atoms with Crippen molar-refractivity contribution in [2.75, 3.05) is 17.7 Å². The number of anilines is 2. The van der Waals surface area contributed by atoms with Crippen LogP contribution in [0.2, 0.25) is 0 Å². The summed E-state index contributed by atoms with van der Waals surface area (Å²) in [5.41, 5.74) is 11.6. The number of rotatable bonds is 4. The Balaban J connectivity index is 1.77. The molecule has 1 heterocycles. The number of nitrogens with zero attached hydrogens (tertiary/aromatic N) is 1. The maximum absolute atomic E-state index is 12.4. The van der Waals surface area contributed by atoms with Gasteiger partial charge in [0.2, 0.25) is 0 Å². The molecule has 0 aliphatic rings. The van der Waals surface area contributed by atoms with E-state index in [1.54, 1.807) is 0 Å². The van der Waals surface area contributed by atoms with Crippen LogP contribution in [0.4, 0.5) is 10.8 Å². The fourth-order valence-electron chi connectivity index (χ4n) is 2.79. The minimum Gasteiger partial charge on any atom is -0.483 e. The molecule has 25 heavy (non-hydrogen) atoms. The van der Waals surface area contributed by atoms with Gasteiger partial charge in [-0.25, -0.2) is 4.98 Å². The fraction of sp³-hybridized carbons (Fsp3) is 0.263. The summed E-state index contributed by atoms with van der Waals surface area (Å²) in [5, 5.41) is 3.49. The van der Waals surface area contributed by atoms with E-state index < -0.39 is 0 Å². The molecule has 2 aromatic carbocycles. The van der Waals surface area contributed by atoms with Crippen molar-refractivity contribution < 1.29 is 9.53 Å². The smallest absolute Gasteiger partial charge is 0.262 e. The number of hydrogen-bond donors (Lipinski definition) is 2. The monoisotopic (exact) mass is 355 g/mol. The molecule has 6 heteroatoms. The first-order valence-electron chi connectivity index (χ1n) is 8.02. The molecule has 0 atom stereocenters. The van der Waals surface area contributed by atoms with Gasteiger partial charge >= 0.3 is 0 Å². The van der Waals surface area contributed by atoms with Crippen LogP contribution in [0.1, 0.15) is 22.3 Å². The fourth-order valence-corrected chi connectivity index (χ4v) is 3.61. The number of benzene rings is 2. The second-order valence-electron chi connectivity index (χ2n) is 6.13. The molecule has 0 spiro atoms. The normalized spacial score (nSPS) is 10.9. The number of hydrogen-bond acceptors (Lipinski definition) is 5. The van der Waals surface area contributed by atoms with Gasteiger partial charge in [0.25, 0.3) is 5.91 Å². The van der Waals surface area contributed by atoms with Crippen LogP contribution < -0.4 is 15.8 Å². The topological polar surface area (TPSA) is 77.2 Å². The van der Waals surface area contributed by atoms with Gasteiger partial charge in [-0.2, -0.15) is 0 Å². The summed E-state index contributed by atoms with van der Waals surface area (Å²) in [6.45, 7) is 7.88. The molecule has 0 saturated carbocycles. The van der Waals surface area contributed by atoms with E-state index in [4.69, 9.17) is 10.5 Å². The first-order valence-corrected chi connectivity index (χ1v) is 8.83. The predicted molar refractivity (Wildman–Crippen MR) is 104 cm³/mol. The van der Waals surface area contributed by atoms with Crippen molar-refractivity contribution in [2.45, 2.75) is 27.7 Å². The lowest BCUT2D eigenvalue weighted by atomic mass is 10.1. The summed E-state index contributed by atoms with van der Waals surface area (Å²) >= 11 is 1.43. The van der Waals surface area contributed by atoms with Gasteiger partial charge in [-0.05, 0) is 62.1 Å². The molecular weight excluding hydrogens is 334 g/mol. The zero-order chi connectivity index (χ0) is 18.1. The van der Waals surface area contributed by atoms with Crippen LogP contribution in [0.15, 0.2) is 24.3 Å². The van der Waals surface area contributed by atoms with E-state index in [-0.39, 0.29) is 12.5 Å². The standard InChI is InChI=1S/C19H21N3O2S/c1-10-6-5-7-15(12(10)3)24-9-16(23)22-17-11(2)8-14-18(13(17)4)25-19(20)21-14/h5-8H,9H2,1-4H3,(H2,20,21)(H,22,23). The Bertz CT molecular complexity index is 963. The van der Waals surface area contributed by atoms with Gasteiger partial charge < -0.3 is 15.8 Å². The minimum atomic E-state index is -0.191. The third kappa shape index (κ3) is 3.44. The van der Waals surface area contributed by atoms with Crippen LogP contribution >= 0.6 is 11.3 Å². The highest BCUT2D eigenvalue weighted by Gasteiger charge is 2.14. The molecule has 1 amide bonds. The lowest BCUT2D eigenvalue weighted by Crippen LogP contribution is -2.21. The summed E-state index contributed by atoms with van der Waals surface area (Å²) in [6, 6.07) is 7.76. The average Bonchev–Trinajstić information content (AvgIpc) is 2.93. The highest BCUT2D eigenvalue weighted by molar-refractivity contribution is 7.22. The van der Waals surface area contributed by atoms with E-state index in [0.717, 1.165) is 43.9 Å². The molecule has 3 rings (SSSR count). The summed E-state index contributed by atoms with van der Waals surface area (Å²) in [5.74, 6) is 0.540. The average molecular weight is 355 g/mol. The zero-order valence-corrected chi connectivity index (χ0v) is 15.6. The molecular formula is C19H21N3O2S. The number of amides is 1. The lowest BCUT2D eigenvalue weighted by molar-refractivity contribution is -0.118. The largest absolute Gasteiger partial charge is 0.483 e. The quantitative estimate of drug-likeness (QED) is 0.738. The molecule has 3 aromatic rings. The van der Waals surface area contributed by atoms with E-state index in [9.17, 15) is 4.79 Å². The Labute approximate surface area is 150 Å². The van der Waals surface area contributed by atoms with Crippen LogP contribution in [0.5, 0.6) is 5.75 Å². The summed E-state index contributed by atoms with van der Waals surface area (Å²) in [6.07, 6.45) is 0. The van der Waals surface area contributed by atoms with Gasteiger partial charge in [0.05, 0.1) is 10.2 Å². The highest BCUT2D eigenvalue weighted by atomic mass is 32.1. The number of carbonyl (C=O) groups is 1. The van der Waals surface area contributed by atoms with Gasteiger partial charge in [0.15, 0.2) is 11.7 Å². The summed E-state index contributed by atoms with van der Waals surface area (Å²) in [4.78, 5) is 16.7. The number of thiazole rings is 1. The van der Waals surface area contributed by atoms with Crippen molar-refractivity contribution in [3.63, 3.8) is 0 Å². The molecule has 0 unspecified atom stereocenters. The van der Waals surface area contributed by atoms with E-state index in [0.29, 0.717) is 5.13 Å². The SMILES string of the molecule is Cc1cccc(OCC(=O)Nc2c(C)cc3nc(N)sc3c2C)c1C. The number of nitrogens with one attached hydrogen (secondary N) is 1. The number of nitrogen functional groups attached to an aromatic ring is 1. The molecule has 0 aliphatic carbocycles. The maximum atomic E-state index is 12.4. The maximum Gasteiger partial charge on any atom is 0.262 e. The lowest BCUT2D eigenvalue weighted by Gasteiger charge is -2.14. The number of carbonyl (C=O) groups excluding carboxylic acids is 1. The number of aryl methyl sites for hydroxylation is 3. The number of nitrogens with two attached hydrogens (primary N) is 1. The van der Waals surface area contributed by atoms with Crippen LogP contribution in [-0.4, -0.2) is 17.5 Å². The number of fused-ring (bicyclic) bond motifs is 1. The van der Waals surface area contributed by atoms with Gasteiger partial charge in [0, 0.05) is 5.69 Å². The summed E-state index contributed by atoms with van der Waals surface area (Å²) < 4.78 is 6.68. The van der Waals surface area contributed by atoms with E-state index >= 15 is 0 Å². The van der Waals surface area contributed by atoms with Gasteiger partial charge in [0.1, 0.15) is 5.75 Å². The van der Waals surface area contributed by atoms with Crippen molar-refractivity contribution >= 4 is 38.3 Å². The highest BCUT2D eigenvalue weighted by Crippen LogP contribution is 2.34. The van der Waals surface area contributed by atoms with E-state index in [2.05, 4.69) is 10.3 Å². The Morgan fingerprint density at radius 1 is 1.20 bits per heavy atom. The van der Waals surface area contributed by atoms with E-state index in [1.165, 1.54) is 11.3 Å². The van der Waals surface area contributed by atoms with Crippen molar-refractivity contribution in [2.24, 2.45) is 0 Å². The molecule has 0 bridgehead atoms. The molecule has 130 valence electrons. The second kappa shape index (κ2) is 6.72. The Morgan fingerprint density at radius 3 is 2.72 bits per heavy atom. The first-order chi connectivity index (χ1) is 11.9. The third-order valence-electron chi connectivity index (χ3n) is 4.31. The van der Waals surface area contributed by atoms with Crippen molar-refractivity contribution in [1.29, 1.82) is 0 Å². The van der Waals surface area contributed by atoms with Gasteiger partial charge in [-0.15, -0.1) is 0 Å². The van der Waals surface area contributed by atoms with Crippen LogP contribution in [0.3, 0.4) is 0 Å². The van der Waals surface area contributed by atoms with Crippen LogP contribution in [-0.2, 0) is 4.79 Å². The molecule has 0 fully saturated rings. The summed E-state index contributed by atoms with van der Waals surface area (Å²) in [7, 11) is 0. The second-order valence-corrected chi connectivity index (χ2v) is 7.16. The van der Waals surface area contributed by atoms with Gasteiger partial charge in [-0.3, -0.25) is 4.79 Å². The molecule has 0 radical (unpaired) electrons. The Kier molecular flexibility index (Phi) is 4.63. The molecule has 0 aliphatic heterocycles. The van der Waals surface area contributed by atoms with Crippen molar-refractivity contribution in [3.8, 4) is 5.75 Å². The minimum absolute atomic E-state index is 0.0357. The van der Waals surface area contributed by atoms with Crippen molar-refractivity contribution in [1.82, 2.24) is 4.98 Å². The zero-order valence-electron chi connectivity index (χ0n) is 14.8. The van der Waals surface area contributed by atoms with Gasteiger partial charge in [-0.1, -0.05) is 23.5 Å². The van der Waals surface area contributed by atoms with Crippen LogP contribution in [0, 0.1) is 27.7 Å². The Morgan fingerprint density at radius 2 is 1.96 bits per heavy atom. The molecule has 0 saturated heterocycles. The number of ether oxygens (including phenoxy) is 1. The molecule has 3 N–H and O–H groups in total. The molecule has 1 aromatic heterocycles. The predicted octanol–water partition coefficient (Wildman–Crippen LogP) is 4.13. The van der Waals surface area contributed by atoms with Crippen molar-refractivity contribution in [3.05, 3.63) is 46.5 Å². The third-order valence-corrected chi connectivity index (χ3v) is 5.33. The Hall–Kier alpha value is -2.60. The number of aromatic nitrogens is 1.